The topological polar surface area (TPSA) is 78.9 Å². The van der Waals surface area contributed by atoms with Gasteiger partial charge >= 0.3 is 17.9 Å². The standard InChI is InChI=1S/C57H110O6/c1-6-8-9-10-11-12-13-14-15-16-17-18-21-27-32-37-42-47-55(58)61-50-54(63-57(60)49-44-39-34-29-22-19-20-25-30-35-40-45-52(3)4)51-62-56(59)48-43-38-33-28-24-23-26-31-36-41-46-53(5)7-2/h52-54H,6-51H2,1-5H3/t53?,54-/m1/s1. The average Bonchev–Trinajstić information content (AvgIpc) is 3.27. The van der Waals surface area contributed by atoms with Crippen LogP contribution >= 0.6 is 0 Å². The Morgan fingerprint density at radius 3 is 0.905 bits per heavy atom. The average molecular weight is 892 g/mol. The molecule has 0 aliphatic rings. The van der Waals surface area contributed by atoms with E-state index in [1.807, 2.05) is 0 Å². The van der Waals surface area contributed by atoms with E-state index in [-0.39, 0.29) is 31.1 Å². The SMILES string of the molecule is CCCCCCCCCCCCCCCCCCCC(=O)OC[C@H](COC(=O)CCCCCCCCCCCCC(C)CC)OC(=O)CCCCCCCCCCCCCC(C)C. The first-order valence-electron chi connectivity index (χ1n) is 28.3. The first-order valence-corrected chi connectivity index (χ1v) is 28.3. The molecule has 0 aliphatic heterocycles. The zero-order valence-corrected chi connectivity index (χ0v) is 43.2. The van der Waals surface area contributed by atoms with E-state index in [0.29, 0.717) is 19.3 Å². The molecule has 0 bridgehead atoms. The van der Waals surface area contributed by atoms with Crippen LogP contribution in [0.3, 0.4) is 0 Å². The zero-order chi connectivity index (χ0) is 46.1. The number of ether oxygens (including phenoxy) is 3. The van der Waals surface area contributed by atoms with Gasteiger partial charge in [-0.3, -0.25) is 14.4 Å². The molecule has 0 saturated heterocycles. The molecular formula is C57H110O6. The van der Waals surface area contributed by atoms with E-state index in [0.717, 1.165) is 69.6 Å². The molecule has 6 nitrogen and oxygen atoms in total. The predicted molar refractivity (Wildman–Crippen MR) is 270 cm³/mol. The highest BCUT2D eigenvalue weighted by Gasteiger charge is 2.19. The van der Waals surface area contributed by atoms with Crippen LogP contribution in [0.4, 0.5) is 0 Å². The van der Waals surface area contributed by atoms with E-state index in [2.05, 4.69) is 34.6 Å². The van der Waals surface area contributed by atoms with Gasteiger partial charge in [0.15, 0.2) is 6.10 Å². The Morgan fingerprint density at radius 1 is 0.333 bits per heavy atom. The lowest BCUT2D eigenvalue weighted by atomic mass is 9.99. The number of rotatable bonds is 51. The summed E-state index contributed by atoms with van der Waals surface area (Å²) in [6.07, 6.45) is 52.3. The van der Waals surface area contributed by atoms with Gasteiger partial charge < -0.3 is 14.2 Å². The maximum Gasteiger partial charge on any atom is 0.306 e. The van der Waals surface area contributed by atoms with Crippen molar-refractivity contribution >= 4 is 17.9 Å². The second-order valence-corrected chi connectivity index (χ2v) is 20.3. The summed E-state index contributed by atoms with van der Waals surface area (Å²) in [6, 6.07) is 0. The van der Waals surface area contributed by atoms with Crippen LogP contribution < -0.4 is 0 Å². The molecule has 0 amide bonds. The van der Waals surface area contributed by atoms with Gasteiger partial charge in [0.2, 0.25) is 0 Å². The molecule has 1 unspecified atom stereocenters. The fourth-order valence-corrected chi connectivity index (χ4v) is 8.66. The van der Waals surface area contributed by atoms with E-state index < -0.39 is 6.10 Å². The van der Waals surface area contributed by atoms with Crippen LogP contribution in [0, 0.1) is 11.8 Å². The number of carbonyl (C=O) groups excluding carboxylic acids is 3. The normalized spacial score (nSPS) is 12.5. The first kappa shape index (κ1) is 61.4. The third kappa shape index (κ3) is 49.7. The molecule has 0 aliphatic carbocycles. The molecule has 0 aromatic heterocycles. The van der Waals surface area contributed by atoms with Gasteiger partial charge in [0.1, 0.15) is 13.2 Å². The molecule has 0 spiro atoms. The Morgan fingerprint density at radius 2 is 0.603 bits per heavy atom. The zero-order valence-electron chi connectivity index (χ0n) is 43.2. The van der Waals surface area contributed by atoms with Gasteiger partial charge in [-0.25, -0.2) is 0 Å². The van der Waals surface area contributed by atoms with Crippen LogP contribution in [0.2, 0.25) is 0 Å². The molecule has 0 rings (SSSR count). The molecule has 2 atom stereocenters. The number of esters is 3. The van der Waals surface area contributed by atoms with Gasteiger partial charge in [-0.2, -0.15) is 0 Å². The van der Waals surface area contributed by atoms with Crippen molar-refractivity contribution in [3.05, 3.63) is 0 Å². The molecule has 0 fully saturated rings. The molecule has 6 heteroatoms. The van der Waals surface area contributed by atoms with Crippen molar-refractivity contribution in [3.63, 3.8) is 0 Å². The molecule has 0 heterocycles. The van der Waals surface area contributed by atoms with Crippen LogP contribution in [-0.4, -0.2) is 37.2 Å². The number of hydrogen-bond acceptors (Lipinski definition) is 6. The van der Waals surface area contributed by atoms with Gasteiger partial charge in [0, 0.05) is 19.3 Å². The highest BCUT2D eigenvalue weighted by molar-refractivity contribution is 5.71. The summed E-state index contributed by atoms with van der Waals surface area (Å²) < 4.78 is 16.9. The Bertz CT molecular complexity index is 964. The van der Waals surface area contributed by atoms with Crippen molar-refractivity contribution in [2.45, 2.75) is 323 Å². The van der Waals surface area contributed by atoms with E-state index in [4.69, 9.17) is 14.2 Å². The lowest BCUT2D eigenvalue weighted by Crippen LogP contribution is -2.30. The second kappa shape index (κ2) is 49.8. The largest absolute Gasteiger partial charge is 0.462 e. The van der Waals surface area contributed by atoms with Crippen molar-refractivity contribution in [1.29, 1.82) is 0 Å². The maximum atomic E-state index is 12.8. The van der Waals surface area contributed by atoms with Crippen molar-refractivity contribution in [2.24, 2.45) is 11.8 Å². The minimum Gasteiger partial charge on any atom is -0.462 e. The van der Waals surface area contributed by atoms with Crippen LogP contribution in [-0.2, 0) is 28.6 Å². The Balaban J connectivity index is 4.30. The summed E-state index contributed by atoms with van der Waals surface area (Å²) in [4.78, 5) is 38.1. The molecule has 0 aromatic carbocycles. The van der Waals surface area contributed by atoms with Crippen LogP contribution in [0.25, 0.3) is 0 Å². The van der Waals surface area contributed by atoms with Gasteiger partial charge in [0.05, 0.1) is 0 Å². The van der Waals surface area contributed by atoms with Gasteiger partial charge in [-0.15, -0.1) is 0 Å². The van der Waals surface area contributed by atoms with Crippen molar-refractivity contribution in [1.82, 2.24) is 0 Å². The van der Waals surface area contributed by atoms with Gasteiger partial charge in [-0.05, 0) is 31.1 Å². The lowest BCUT2D eigenvalue weighted by molar-refractivity contribution is -0.167. The first-order chi connectivity index (χ1) is 30.8. The number of hydrogen-bond donors (Lipinski definition) is 0. The van der Waals surface area contributed by atoms with Crippen molar-refractivity contribution < 1.29 is 28.6 Å². The minimum absolute atomic E-state index is 0.0631. The Labute approximate surface area is 393 Å². The van der Waals surface area contributed by atoms with E-state index in [9.17, 15) is 14.4 Å². The summed E-state index contributed by atoms with van der Waals surface area (Å²) in [5, 5.41) is 0. The molecular weight excluding hydrogens is 781 g/mol. The van der Waals surface area contributed by atoms with Crippen molar-refractivity contribution in [2.75, 3.05) is 13.2 Å². The molecule has 0 aromatic rings. The summed E-state index contributed by atoms with van der Waals surface area (Å²) in [6.45, 7) is 11.4. The fraction of sp³-hybridized carbons (Fsp3) is 0.947. The minimum atomic E-state index is -0.763. The smallest absolute Gasteiger partial charge is 0.306 e. The predicted octanol–water partition coefficient (Wildman–Crippen LogP) is 18.5. The summed E-state index contributed by atoms with van der Waals surface area (Å²) in [5.41, 5.74) is 0. The third-order valence-electron chi connectivity index (χ3n) is 13.3. The maximum absolute atomic E-state index is 12.8. The number of unbranched alkanes of at least 4 members (excludes halogenated alkanes) is 35. The highest BCUT2D eigenvalue weighted by Crippen LogP contribution is 2.18. The third-order valence-corrected chi connectivity index (χ3v) is 13.3. The lowest BCUT2D eigenvalue weighted by Gasteiger charge is -2.18. The molecule has 63 heavy (non-hydrogen) atoms. The van der Waals surface area contributed by atoms with E-state index in [1.165, 1.54) is 205 Å². The van der Waals surface area contributed by atoms with Crippen LogP contribution in [0.5, 0.6) is 0 Å². The molecule has 0 radical (unpaired) electrons. The summed E-state index contributed by atoms with van der Waals surface area (Å²) in [5.74, 6) is 0.852. The Hall–Kier alpha value is -1.59. The van der Waals surface area contributed by atoms with Crippen LogP contribution in [0.1, 0.15) is 317 Å². The van der Waals surface area contributed by atoms with Crippen molar-refractivity contribution in [3.8, 4) is 0 Å². The van der Waals surface area contributed by atoms with E-state index in [1.54, 1.807) is 0 Å². The summed E-state index contributed by atoms with van der Waals surface area (Å²) in [7, 11) is 0. The fourth-order valence-electron chi connectivity index (χ4n) is 8.66. The van der Waals surface area contributed by atoms with Gasteiger partial charge in [0.25, 0.3) is 0 Å². The van der Waals surface area contributed by atoms with Crippen LogP contribution in [0.15, 0.2) is 0 Å². The molecule has 374 valence electrons. The monoisotopic (exact) mass is 891 g/mol. The highest BCUT2D eigenvalue weighted by atomic mass is 16.6. The summed E-state index contributed by atoms with van der Waals surface area (Å²) >= 11 is 0. The Kier molecular flexibility index (Phi) is 48.6. The quantitative estimate of drug-likeness (QED) is 0.0344. The number of carbonyl (C=O) groups is 3. The second-order valence-electron chi connectivity index (χ2n) is 20.3. The van der Waals surface area contributed by atoms with Gasteiger partial charge in [-0.1, -0.05) is 279 Å². The molecule has 0 saturated carbocycles. The molecule has 0 N–H and O–H groups in total. The van der Waals surface area contributed by atoms with E-state index >= 15 is 0 Å².